The lowest BCUT2D eigenvalue weighted by Gasteiger charge is -2.17. The van der Waals surface area contributed by atoms with Crippen LogP contribution in [0, 0.1) is 0 Å². The summed E-state index contributed by atoms with van der Waals surface area (Å²) in [7, 11) is 1.79. The molecule has 1 heterocycles. The normalized spacial score (nSPS) is 10.5. The molecular formula is C13H10Br2ClNOS. The van der Waals surface area contributed by atoms with Gasteiger partial charge in [0.25, 0.3) is 5.91 Å². The molecule has 0 N–H and O–H groups in total. The molecule has 0 spiro atoms. The van der Waals surface area contributed by atoms with Gasteiger partial charge in [-0.15, -0.1) is 11.3 Å². The first kappa shape index (κ1) is 15.0. The molecule has 1 aromatic carbocycles. The maximum atomic E-state index is 12.3. The maximum absolute atomic E-state index is 12.3. The standard InChI is InChI=1S/C13H10Br2ClNOS/c1-17(7-8-2-4-9(16)5-3-8)13(18)10-6-11(14)19-12(10)15/h2-6H,7H2,1H3. The smallest absolute Gasteiger partial charge is 0.255 e. The molecular weight excluding hydrogens is 413 g/mol. The van der Waals surface area contributed by atoms with E-state index >= 15 is 0 Å². The van der Waals surface area contributed by atoms with Gasteiger partial charge < -0.3 is 4.90 Å². The molecule has 0 bridgehead atoms. The summed E-state index contributed by atoms with van der Waals surface area (Å²) in [4.78, 5) is 14.0. The summed E-state index contributed by atoms with van der Waals surface area (Å²) in [6, 6.07) is 9.32. The molecule has 0 saturated carbocycles. The van der Waals surface area contributed by atoms with Gasteiger partial charge in [-0.25, -0.2) is 0 Å². The van der Waals surface area contributed by atoms with Crippen molar-refractivity contribution in [2.45, 2.75) is 6.54 Å². The van der Waals surface area contributed by atoms with Crippen LogP contribution in [0.2, 0.25) is 5.02 Å². The van der Waals surface area contributed by atoms with Gasteiger partial charge >= 0.3 is 0 Å². The van der Waals surface area contributed by atoms with Crippen molar-refractivity contribution in [1.82, 2.24) is 4.90 Å². The Labute approximate surface area is 137 Å². The van der Waals surface area contributed by atoms with E-state index in [1.807, 2.05) is 30.3 Å². The van der Waals surface area contributed by atoms with E-state index in [4.69, 9.17) is 11.6 Å². The van der Waals surface area contributed by atoms with Gasteiger partial charge in [0.2, 0.25) is 0 Å². The van der Waals surface area contributed by atoms with Crippen LogP contribution in [0.1, 0.15) is 15.9 Å². The van der Waals surface area contributed by atoms with Crippen LogP contribution in [-0.2, 0) is 6.54 Å². The van der Waals surface area contributed by atoms with E-state index < -0.39 is 0 Å². The lowest BCUT2D eigenvalue weighted by molar-refractivity contribution is 0.0785. The van der Waals surface area contributed by atoms with Gasteiger partial charge in [0, 0.05) is 18.6 Å². The van der Waals surface area contributed by atoms with E-state index in [1.54, 1.807) is 11.9 Å². The molecule has 1 aromatic heterocycles. The van der Waals surface area contributed by atoms with Crippen LogP contribution < -0.4 is 0 Å². The van der Waals surface area contributed by atoms with E-state index in [-0.39, 0.29) is 5.91 Å². The molecule has 100 valence electrons. The molecule has 2 aromatic rings. The highest BCUT2D eigenvalue weighted by molar-refractivity contribution is 9.12. The zero-order valence-corrected chi connectivity index (χ0v) is 14.7. The fourth-order valence-electron chi connectivity index (χ4n) is 1.63. The van der Waals surface area contributed by atoms with Crippen molar-refractivity contribution >= 4 is 60.7 Å². The Morgan fingerprint density at radius 1 is 1.32 bits per heavy atom. The second-order valence-corrected chi connectivity index (χ2v) is 8.21. The molecule has 0 aliphatic carbocycles. The van der Waals surface area contributed by atoms with E-state index in [2.05, 4.69) is 31.9 Å². The molecule has 0 saturated heterocycles. The highest BCUT2D eigenvalue weighted by Crippen LogP contribution is 2.32. The number of hydrogen-bond donors (Lipinski definition) is 0. The highest BCUT2D eigenvalue weighted by atomic mass is 79.9. The first-order chi connectivity index (χ1) is 8.97. The molecule has 0 fully saturated rings. The molecule has 1 amide bonds. The summed E-state index contributed by atoms with van der Waals surface area (Å²) in [6.07, 6.45) is 0. The van der Waals surface area contributed by atoms with E-state index in [1.165, 1.54) is 11.3 Å². The fourth-order valence-corrected chi connectivity index (χ4v) is 4.53. The van der Waals surface area contributed by atoms with Gasteiger partial charge in [0.05, 0.1) is 13.1 Å². The molecule has 6 heteroatoms. The zero-order valence-electron chi connectivity index (χ0n) is 9.99. The lowest BCUT2D eigenvalue weighted by atomic mass is 10.2. The largest absolute Gasteiger partial charge is 0.337 e. The van der Waals surface area contributed by atoms with Crippen molar-refractivity contribution in [3.05, 3.63) is 54.1 Å². The van der Waals surface area contributed by atoms with E-state index in [0.29, 0.717) is 17.1 Å². The van der Waals surface area contributed by atoms with Crippen LogP contribution >= 0.6 is 54.8 Å². The number of amides is 1. The number of carbonyl (C=O) groups excluding carboxylic acids is 1. The van der Waals surface area contributed by atoms with Crippen LogP contribution in [0.25, 0.3) is 0 Å². The van der Waals surface area contributed by atoms with Crippen molar-refractivity contribution in [3.63, 3.8) is 0 Å². The van der Waals surface area contributed by atoms with Crippen molar-refractivity contribution < 1.29 is 4.79 Å². The summed E-state index contributed by atoms with van der Waals surface area (Å²) >= 11 is 14.1. The third-order valence-electron chi connectivity index (χ3n) is 2.57. The van der Waals surface area contributed by atoms with Crippen molar-refractivity contribution in [1.29, 1.82) is 0 Å². The minimum Gasteiger partial charge on any atom is -0.337 e. The van der Waals surface area contributed by atoms with Gasteiger partial charge in [-0.05, 0) is 55.6 Å². The molecule has 0 aliphatic rings. The Morgan fingerprint density at radius 3 is 2.47 bits per heavy atom. The SMILES string of the molecule is CN(Cc1ccc(Cl)cc1)C(=O)c1cc(Br)sc1Br. The number of nitrogens with zero attached hydrogens (tertiary/aromatic N) is 1. The summed E-state index contributed by atoms with van der Waals surface area (Å²) < 4.78 is 1.77. The average Bonchev–Trinajstić information content (AvgIpc) is 2.70. The third-order valence-corrected chi connectivity index (χ3v) is 5.16. The molecule has 0 radical (unpaired) electrons. The van der Waals surface area contributed by atoms with Crippen molar-refractivity contribution in [2.75, 3.05) is 7.05 Å². The molecule has 0 aliphatic heterocycles. The van der Waals surface area contributed by atoms with Crippen molar-refractivity contribution in [3.8, 4) is 0 Å². The minimum atomic E-state index is -0.0104. The number of hydrogen-bond acceptors (Lipinski definition) is 2. The van der Waals surface area contributed by atoms with Gasteiger partial charge in [0.15, 0.2) is 0 Å². The topological polar surface area (TPSA) is 20.3 Å². The summed E-state index contributed by atoms with van der Waals surface area (Å²) in [5.41, 5.74) is 1.72. The Kier molecular flexibility index (Phi) is 5.06. The predicted molar refractivity (Wildman–Crippen MR) is 87.0 cm³/mol. The number of halogens is 3. The summed E-state index contributed by atoms with van der Waals surface area (Å²) in [6.45, 7) is 0.551. The third kappa shape index (κ3) is 3.81. The Bertz CT molecular complexity index is 597. The fraction of sp³-hybridized carbons (Fsp3) is 0.154. The second kappa shape index (κ2) is 6.39. The zero-order chi connectivity index (χ0) is 14.0. The van der Waals surface area contributed by atoms with Gasteiger partial charge in [-0.2, -0.15) is 0 Å². The maximum Gasteiger partial charge on any atom is 0.255 e. The molecule has 2 nitrogen and oxygen atoms in total. The van der Waals surface area contributed by atoms with Crippen LogP contribution in [0.4, 0.5) is 0 Å². The monoisotopic (exact) mass is 421 g/mol. The minimum absolute atomic E-state index is 0.0104. The predicted octanol–water partition coefficient (Wildman–Crippen LogP) is 5.20. The Balaban J connectivity index is 2.11. The molecule has 0 unspecified atom stereocenters. The number of thiophene rings is 1. The van der Waals surface area contributed by atoms with Crippen LogP contribution in [0.3, 0.4) is 0 Å². The van der Waals surface area contributed by atoms with Gasteiger partial charge in [-0.3, -0.25) is 4.79 Å². The van der Waals surface area contributed by atoms with Crippen molar-refractivity contribution in [2.24, 2.45) is 0 Å². The van der Waals surface area contributed by atoms with Crippen LogP contribution in [0.15, 0.2) is 37.9 Å². The summed E-state index contributed by atoms with van der Waals surface area (Å²) in [5.74, 6) is -0.0104. The van der Waals surface area contributed by atoms with Crippen LogP contribution in [0.5, 0.6) is 0 Å². The van der Waals surface area contributed by atoms with E-state index in [9.17, 15) is 4.79 Å². The van der Waals surface area contributed by atoms with Gasteiger partial charge in [0.1, 0.15) is 0 Å². The second-order valence-electron chi connectivity index (χ2n) is 4.03. The van der Waals surface area contributed by atoms with E-state index in [0.717, 1.165) is 13.1 Å². The average molecular weight is 424 g/mol. The molecule has 0 atom stereocenters. The lowest BCUT2D eigenvalue weighted by Crippen LogP contribution is -2.26. The van der Waals surface area contributed by atoms with Crippen LogP contribution in [-0.4, -0.2) is 17.9 Å². The number of benzene rings is 1. The first-order valence-electron chi connectivity index (χ1n) is 5.42. The summed E-state index contributed by atoms with van der Waals surface area (Å²) in [5, 5.41) is 0.697. The Hall–Kier alpha value is -0.360. The number of carbonyl (C=O) groups is 1. The first-order valence-corrected chi connectivity index (χ1v) is 8.20. The Morgan fingerprint density at radius 2 is 1.95 bits per heavy atom. The molecule has 2 rings (SSSR count). The molecule has 19 heavy (non-hydrogen) atoms. The number of rotatable bonds is 3. The van der Waals surface area contributed by atoms with Gasteiger partial charge in [-0.1, -0.05) is 23.7 Å². The highest BCUT2D eigenvalue weighted by Gasteiger charge is 2.17. The quantitative estimate of drug-likeness (QED) is 0.665.